The molecule has 1 spiro atoms. The Kier molecular flexibility index (Phi) is 6.83. The molecule has 2 fully saturated rings. The summed E-state index contributed by atoms with van der Waals surface area (Å²) in [4.78, 5) is 27.3. The van der Waals surface area contributed by atoms with E-state index in [0.29, 0.717) is 59.9 Å². The topological polar surface area (TPSA) is 70.1 Å². The van der Waals surface area contributed by atoms with Gasteiger partial charge in [-0.15, -0.1) is 0 Å². The molecule has 198 valence electrons. The van der Waals surface area contributed by atoms with Crippen LogP contribution in [0.15, 0.2) is 66.7 Å². The Balaban J connectivity index is 1.32. The van der Waals surface area contributed by atoms with Gasteiger partial charge in [0.15, 0.2) is 0 Å². The monoisotopic (exact) mass is 544 g/mol. The molecule has 38 heavy (non-hydrogen) atoms. The molecule has 0 aliphatic carbocycles. The molecule has 0 saturated carbocycles. The number of anilines is 1. The van der Waals surface area contributed by atoms with Gasteiger partial charge in [0.1, 0.15) is 5.60 Å². The molecule has 1 N–H and O–H groups in total. The summed E-state index contributed by atoms with van der Waals surface area (Å²) in [5, 5.41) is 9.56. The van der Waals surface area contributed by atoms with Crippen molar-refractivity contribution in [2.75, 3.05) is 24.5 Å². The fourth-order valence-corrected chi connectivity index (χ4v) is 5.31. The number of carbonyl (C=O) groups is 2. The molecule has 0 aromatic heterocycles. The van der Waals surface area contributed by atoms with Gasteiger partial charge in [-0.3, -0.25) is 9.80 Å². The Morgan fingerprint density at radius 3 is 2.32 bits per heavy atom. The lowest BCUT2D eigenvalue weighted by molar-refractivity contribution is -0.137. The van der Waals surface area contributed by atoms with E-state index in [1.165, 1.54) is 29.2 Å². The summed E-state index contributed by atoms with van der Waals surface area (Å²) in [6.07, 6.45) is -3.93. The first kappa shape index (κ1) is 26.1. The number of nitrogens with zero attached hydrogens (tertiary/aromatic N) is 2. The number of rotatable bonds is 5. The van der Waals surface area contributed by atoms with Gasteiger partial charge in [-0.2, -0.15) is 13.2 Å². The van der Waals surface area contributed by atoms with Crippen LogP contribution in [0.5, 0.6) is 0 Å². The molecular formula is C28H24ClF3N2O4. The number of amides is 1. The summed E-state index contributed by atoms with van der Waals surface area (Å²) in [7, 11) is 0. The van der Waals surface area contributed by atoms with Crippen LogP contribution in [0.1, 0.15) is 34.3 Å². The maximum atomic E-state index is 13.5. The molecule has 6 nitrogen and oxygen atoms in total. The largest absolute Gasteiger partial charge is 0.478 e. The summed E-state index contributed by atoms with van der Waals surface area (Å²) >= 11 is 6.37. The van der Waals surface area contributed by atoms with E-state index in [1.807, 2.05) is 0 Å². The molecule has 2 heterocycles. The van der Waals surface area contributed by atoms with Crippen molar-refractivity contribution in [3.8, 4) is 11.1 Å². The average molecular weight is 545 g/mol. The molecule has 2 aliphatic rings. The molecule has 10 heteroatoms. The molecule has 0 radical (unpaired) electrons. The number of carboxylic acids is 1. The fraction of sp³-hybridized carbons (Fsp3) is 0.286. The maximum absolute atomic E-state index is 13.5. The zero-order valence-electron chi connectivity index (χ0n) is 20.2. The first-order chi connectivity index (χ1) is 18.0. The van der Waals surface area contributed by atoms with E-state index in [0.717, 1.165) is 6.07 Å². The number of aromatic carboxylic acids is 1. The van der Waals surface area contributed by atoms with Gasteiger partial charge in [-0.05, 0) is 53.6 Å². The molecular weight excluding hydrogens is 521 g/mol. The second kappa shape index (κ2) is 9.96. The number of benzene rings is 3. The van der Waals surface area contributed by atoms with Crippen LogP contribution in [0.2, 0.25) is 5.02 Å². The fourth-order valence-electron chi connectivity index (χ4n) is 5.07. The number of halogens is 4. The minimum Gasteiger partial charge on any atom is -0.478 e. The SMILES string of the molecule is O=C(O)c1ccc(N2CC3(CCN(Cc4cc(C(F)(F)F)ccc4-c4ccccc4Cl)CC3)OC2=O)cc1. The molecule has 3 aromatic carbocycles. The van der Waals surface area contributed by atoms with Gasteiger partial charge in [0.25, 0.3) is 0 Å². The minimum atomic E-state index is -4.47. The van der Waals surface area contributed by atoms with Crippen LogP contribution in [0.4, 0.5) is 23.7 Å². The van der Waals surface area contributed by atoms with E-state index in [4.69, 9.17) is 21.4 Å². The van der Waals surface area contributed by atoms with Gasteiger partial charge in [-0.25, -0.2) is 9.59 Å². The van der Waals surface area contributed by atoms with Crippen LogP contribution in [0, 0.1) is 0 Å². The van der Waals surface area contributed by atoms with Gasteiger partial charge in [0, 0.05) is 48.7 Å². The lowest BCUT2D eigenvalue weighted by Crippen LogP contribution is -2.46. The van der Waals surface area contributed by atoms with E-state index >= 15 is 0 Å². The number of carboxylic acid groups (broad SMARTS) is 1. The van der Waals surface area contributed by atoms with Gasteiger partial charge < -0.3 is 9.84 Å². The molecule has 0 bridgehead atoms. The Morgan fingerprint density at radius 1 is 1.00 bits per heavy atom. The van der Waals surface area contributed by atoms with Crippen molar-refractivity contribution < 1.29 is 32.6 Å². The van der Waals surface area contributed by atoms with Gasteiger partial charge in [0.05, 0.1) is 17.7 Å². The number of hydrogen-bond acceptors (Lipinski definition) is 4. The second-order valence-corrected chi connectivity index (χ2v) is 10.0. The van der Waals surface area contributed by atoms with Crippen molar-refractivity contribution in [2.45, 2.75) is 31.2 Å². The first-order valence-electron chi connectivity index (χ1n) is 12.1. The third kappa shape index (κ3) is 5.21. The van der Waals surface area contributed by atoms with Crippen molar-refractivity contribution >= 4 is 29.4 Å². The Morgan fingerprint density at radius 2 is 1.68 bits per heavy atom. The standard InChI is InChI=1S/C28H24ClF3N2O4/c29-24-4-2-1-3-23(24)22-10-7-20(28(30,31)32)15-19(22)16-33-13-11-27(12-14-33)17-34(26(37)38-27)21-8-5-18(6-9-21)25(35)36/h1-10,15H,11-14,16-17H2,(H,35,36). The third-order valence-corrected chi connectivity index (χ3v) is 7.48. The number of ether oxygens (including phenoxy) is 1. The van der Waals surface area contributed by atoms with E-state index in [-0.39, 0.29) is 12.1 Å². The molecule has 5 rings (SSSR count). The maximum Gasteiger partial charge on any atom is 0.416 e. The number of carbonyl (C=O) groups excluding carboxylic acids is 1. The zero-order chi connectivity index (χ0) is 27.1. The van der Waals surface area contributed by atoms with Crippen molar-refractivity contribution in [3.05, 3.63) is 88.4 Å². The van der Waals surface area contributed by atoms with E-state index < -0.39 is 29.4 Å². The van der Waals surface area contributed by atoms with Crippen molar-refractivity contribution in [1.29, 1.82) is 0 Å². The van der Waals surface area contributed by atoms with Gasteiger partial charge in [-0.1, -0.05) is 35.9 Å². The second-order valence-electron chi connectivity index (χ2n) is 9.61. The predicted molar refractivity (Wildman–Crippen MR) is 136 cm³/mol. The third-order valence-electron chi connectivity index (χ3n) is 7.15. The molecule has 0 atom stereocenters. The Hall–Kier alpha value is -3.56. The van der Waals surface area contributed by atoms with Crippen LogP contribution in [-0.2, 0) is 17.5 Å². The molecule has 2 aliphatic heterocycles. The number of hydrogen-bond donors (Lipinski definition) is 1. The van der Waals surface area contributed by atoms with Gasteiger partial charge >= 0.3 is 18.2 Å². The average Bonchev–Trinajstić information content (AvgIpc) is 3.21. The van der Waals surface area contributed by atoms with Crippen molar-refractivity contribution in [2.24, 2.45) is 0 Å². The normalized spacial score (nSPS) is 17.6. The minimum absolute atomic E-state index is 0.120. The van der Waals surface area contributed by atoms with Crippen molar-refractivity contribution in [1.82, 2.24) is 4.90 Å². The van der Waals surface area contributed by atoms with Crippen LogP contribution in [-0.4, -0.2) is 47.3 Å². The highest BCUT2D eigenvalue weighted by molar-refractivity contribution is 6.33. The van der Waals surface area contributed by atoms with Crippen molar-refractivity contribution in [3.63, 3.8) is 0 Å². The summed E-state index contributed by atoms with van der Waals surface area (Å²) < 4.78 is 46.3. The summed E-state index contributed by atoms with van der Waals surface area (Å²) in [5.74, 6) is -1.05. The number of alkyl halides is 3. The van der Waals surface area contributed by atoms with Crippen LogP contribution >= 0.6 is 11.6 Å². The summed E-state index contributed by atoms with van der Waals surface area (Å²) in [5.41, 5.74) is 1.08. The van der Waals surface area contributed by atoms with Gasteiger partial charge in [0.2, 0.25) is 0 Å². The summed E-state index contributed by atoms with van der Waals surface area (Å²) in [6, 6.07) is 16.8. The molecule has 0 unspecified atom stereocenters. The highest BCUT2D eigenvalue weighted by Crippen LogP contribution is 2.39. The first-order valence-corrected chi connectivity index (χ1v) is 12.4. The van der Waals surface area contributed by atoms with Crippen LogP contribution < -0.4 is 4.90 Å². The smallest absolute Gasteiger partial charge is 0.416 e. The van der Waals surface area contributed by atoms with Crippen LogP contribution in [0.3, 0.4) is 0 Å². The van der Waals surface area contributed by atoms with Crippen LogP contribution in [0.25, 0.3) is 11.1 Å². The lowest BCUT2D eigenvalue weighted by atomic mass is 9.90. The number of piperidine rings is 1. The van der Waals surface area contributed by atoms with E-state index in [2.05, 4.69) is 4.90 Å². The highest BCUT2D eigenvalue weighted by Gasteiger charge is 2.47. The highest BCUT2D eigenvalue weighted by atomic mass is 35.5. The van der Waals surface area contributed by atoms with E-state index in [1.54, 1.807) is 36.4 Å². The quantitative estimate of drug-likeness (QED) is 0.386. The molecule has 3 aromatic rings. The number of likely N-dealkylation sites (tertiary alicyclic amines) is 1. The molecule has 1 amide bonds. The Bertz CT molecular complexity index is 1370. The zero-order valence-corrected chi connectivity index (χ0v) is 20.9. The molecule has 2 saturated heterocycles. The van der Waals surface area contributed by atoms with E-state index in [9.17, 15) is 22.8 Å². The predicted octanol–water partition coefficient (Wildman–Crippen LogP) is 6.72. The Labute approximate surface area is 222 Å². The summed E-state index contributed by atoms with van der Waals surface area (Å²) in [6.45, 7) is 1.66. The lowest BCUT2D eigenvalue weighted by Gasteiger charge is -2.37.